The number of hydrogen-bond donors (Lipinski definition) is 1. The molecular formula is C10H12FNOS. The molecule has 0 saturated carbocycles. The van der Waals surface area contributed by atoms with Gasteiger partial charge in [0.25, 0.3) is 0 Å². The molecule has 1 amide bonds. The lowest BCUT2D eigenvalue weighted by Gasteiger charge is -2.17. The van der Waals surface area contributed by atoms with E-state index in [-0.39, 0.29) is 13.2 Å². The fraction of sp³-hybridized carbons (Fsp3) is 0.300. The lowest BCUT2D eigenvalue weighted by Crippen LogP contribution is -2.19. The zero-order valence-electron chi connectivity index (χ0n) is 7.76. The molecule has 14 heavy (non-hydrogen) atoms. The number of anilines is 1. The Balaban J connectivity index is 0.00000112. The number of nitrogens with one attached hydrogen (secondary N) is 1. The molecule has 4 heteroatoms. The predicted octanol–water partition coefficient (Wildman–Crippen LogP) is 2.68. The van der Waals surface area contributed by atoms with Gasteiger partial charge in [0.15, 0.2) is 0 Å². The molecule has 1 N–H and O–H groups in total. The Bertz CT molecular complexity index is 397. The summed E-state index contributed by atoms with van der Waals surface area (Å²) in [6.45, 7) is 1.89. The fourth-order valence-corrected chi connectivity index (χ4v) is 2.23. The molecule has 2 nitrogen and oxygen atoms in total. The van der Waals surface area contributed by atoms with Gasteiger partial charge in [0.05, 0.1) is 11.4 Å². The van der Waals surface area contributed by atoms with Gasteiger partial charge in [-0.05, 0) is 24.1 Å². The van der Waals surface area contributed by atoms with Gasteiger partial charge in [-0.15, -0.1) is 11.8 Å². The van der Waals surface area contributed by atoms with Gasteiger partial charge >= 0.3 is 0 Å². The average molecular weight is 213 g/mol. The van der Waals surface area contributed by atoms with E-state index >= 15 is 0 Å². The third-order valence-corrected chi connectivity index (χ3v) is 3.22. The van der Waals surface area contributed by atoms with Gasteiger partial charge in [-0.2, -0.15) is 0 Å². The van der Waals surface area contributed by atoms with Crippen LogP contribution in [0.4, 0.5) is 10.1 Å². The zero-order valence-corrected chi connectivity index (χ0v) is 8.58. The number of carbonyl (C=O) groups excluding carboxylic acids is 1. The Hall–Kier alpha value is -1.03. The van der Waals surface area contributed by atoms with Gasteiger partial charge in [-0.1, -0.05) is 6.92 Å². The molecule has 2 rings (SSSR count). The second kappa shape index (κ2) is 3.61. The number of benzene rings is 1. The number of aryl methyl sites for hydroxylation is 1. The Kier molecular flexibility index (Phi) is 2.46. The highest BCUT2D eigenvalue weighted by molar-refractivity contribution is 8.00. The normalized spacial score (nSPS) is 14.9. The van der Waals surface area contributed by atoms with Crippen LogP contribution in [0.5, 0.6) is 0 Å². The summed E-state index contributed by atoms with van der Waals surface area (Å²) in [5, 5.41) is 2.74. The minimum Gasteiger partial charge on any atom is -0.324 e. The Morgan fingerprint density at radius 2 is 2.43 bits per heavy atom. The monoisotopic (exact) mass is 213 g/mol. The van der Waals surface area contributed by atoms with Crippen molar-refractivity contribution in [2.45, 2.75) is 18.2 Å². The van der Waals surface area contributed by atoms with E-state index < -0.39 is 0 Å². The van der Waals surface area contributed by atoms with Gasteiger partial charge in [-0.25, -0.2) is 4.39 Å². The Labute approximate surface area is 87.4 Å². The van der Waals surface area contributed by atoms with Crippen molar-refractivity contribution in [2.24, 2.45) is 0 Å². The summed E-state index contributed by atoms with van der Waals surface area (Å²) in [5.74, 6) is 0.170. The summed E-state index contributed by atoms with van der Waals surface area (Å²) >= 11 is 1.38. The van der Waals surface area contributed by atoms with E-state index in [1.54, 1.807) is 6.07 Å². The van der Waals surface area contributed by atoms with Crippen LogP contribution in [0.25, 0.3) is 0 Å². The first-order chi connectivity index (χ1) is 6.70. The van der Waals surface area contributed by atoms with Crippen LogP contribution in [0.3, 0.4) is 0 Å². The highest BCUT2D eigenvalue weighted by Crippen LogP contribution is 2.33. The van der Waals surface area contributed by atoms with Crippen LogP contribution in [0.2, 0.25) is 0 Å². The van der Waals surface area contributed by atoms with Gasteiger partial charge in [0.2, 0.25) is 5.91 Å². The molecule has 1 heterocycles. The number of halogens is 1. The summed E-state index contributed by atoms with van der Waals surface area (Å²) < 4.78 is 13.3. The molecule has 0 spiro atoms. The molecule has 1 aliphatic heterocycles. The second-order valence-corrected chi connectivity index (χ2v) is 4.15. The highest BCUT2D eigenvalue weighted by atomic mass is 32.2. The molecule has 1 aliphatic rings. The van der Waals surface area contributed by atoms with Crippen molar-refractivity contribution < 1.29 is 10.6 Å². The van der Waals surface area contributed by atoms with Crippen molar-refractivity contribution in [1.29, 1.82) is 0 Å². The SMILES string of the molecule is CCc1cc2c(cc1F)SCC(=O)N2.[HH]. The third-order valence-electron chi connectivity index (χ3n) is 2.16. The van der Waals surface area contributed by atoms with Crippen molar-refractivity contribution in [3.63, 3.8) is 0 Å². The number of amides is 1. The first kappa shape index (κ1) is 9.52. The summed E-state index contributed by atoms with van der Waals surface area (Å²) in [6, 6.07) is 3.22. The van der Waals surface area contributed by atoms with E-state index in [0.717, 1.165) is 10.6 Å². The van der Waals surface area contributed by atoms with Crippen molar-refractivity contribution in [1.82, 2.24) is 0 Å². The summed E-state index contributed by atoms with van der Waals surface area (Å²) in [5.41, 5.74) is 1.39. The van der Waals surface area contributed by atoms with Gasteiger partial charge in [0.1, 0.15) is 5.82 Å². The van der Waals surface area contributed by atoms with E-state index in [0.29, 0.717) is 17.7 Å². The molecule has 0 atom stereocenters. The van der Waals surface area contributed by atoms with E-state index in [4.69, 9.17) is 0 Å². The second-order valence-electron chi connectivity index (χ2n) is 3.13. The van der Waals surface area contributed by atoms with Gasteiger partial charge < -0.3 is 5.32 Å². The lowest BCUT2D eigenvalue weighted by molar-refractivity contribution is -0.113. The van der Waals surface area contributed by atoms with Crippen molar-refractivity contribution in [2.75, 3.05) is 11.1 Å². The average Bonchev–Trinajstić information content (AvgIpc) is 2.17. The summed E-state index contributed by atoms with van der Waals surface area (Å²) in [7, 11) is 0. The van der Waals surface area contributed by atoms with Crippen molar-refractivity contribution in [3.8, 4) is 0 Å². The number of thioether (sulfide) groups is 1. The molecule has 76 valence electrons. The van der Waals surface area contributed by atoms with E-state index in [9.17, 15) is 9.18 Å². The van der Waals surface area contributed by atoms with Crippen LogP contribution in [-0.2, 0) is 11.2 Å². The fourth-order valence-electron chi connectivity index (χ4n) is 1.42. The molecular weight excluding hydrogens is 201 g/mol. The van der Waals surface area contributed by atoms with Crippen LogP contribution in [0, 0.1) is 5.82 Å². The molecule has 1 aromatic carbocycles. The predicted molar refractivity (Wildman–Crippen MR) is 57.2 cm³/mol. The molecule has 0 unspecified atom stereocenters. The number of fused-ring (bicyclic) bond motifs is 1. The lowest BCUT2D eigenvalue weighted by atomic mass is 10.1. The van der Waals surface area contributed by atoms with E-state index in [1.165, 1.54) is 17.8 Å². The third kappa shape index (κ3) is 1.62. The first-order valence-electron chi connectivity index (χ1n) is 4.45. The maximum Gasteiger partial charge on any atom is 0.234 e. The number of rotatable bonds is 1. The van der Waals surface area contributed by atoms with E-state index in [1.807, 2.05) is 6.92 Å². The molecule has 0 saturated heterocycles. The molecule has 0 radical (unpaired) electrons. The maximum absolute atomic E-state index is 13.3. The Morgan fingerprint density at radius 1 is 1.64 bits per heavy atom. The van der Waals surface area contributed by atoms with Crippen LogP contribution in [0.1, 0.15) is 13.9 Å². The highest BCUT2D eigenvalue weighted by Gasteiger charge is 2.17. The zero-order chi connectivity index (χ0) is 10.1. The molecule has 0 aliphatic carbocycles. The standard InChI is InChI=1S/C10H10FNOS.H2/c1-2-6-3-8-9(4-7(6)11)14-5-10(13)12-8;/h3-4H,2,5H2,1H3,(H,12,13);1H. The molecule has 1 aromatic rings. The van der Waals surface area contributed by atoms with Gasteiger partial charge in [-0.3, -0.25) is 4.79 Å². The van der Waals surface area contributed by atoms with Crippen molar-refractivity contribution >= 4 is 23.4 Å². The number of carbonyl (C=O) groups is 1. The smallest absolute Gasteiger partial charge is 0.234 e. The Morgan fingerprint density at radius 3 is 3.14 bits per heavy atom. The van der Waals surface area contributed by atoms with Crippen LogP contribution in [0.15, 0.2) is 17.0 Å². The van der Waals surface area contributed by atoms with Crippen LogP contribution >= 0.6 is 11.8 Å². The molecule has 0 fully saturated rings. The van der Waals surface area contributed by atoms with E-state index in [2.05, 4.69) is 5.32 Å². The first-order valence-corrected chi connectivity index (χ1v) is 5.44. The topological polar surface area (TPSA) is 29.1 Å². The number of hydrogen-bond acceptors (Lipinski definition) is 2. The summed E-state index contributed by atoms with van der Waals surface area (Å²) in [6.07, 6.45) is 0.639. The van der Waals surface area contributed by atoms with Crippen molar-refractivity contribution in [3.05, 3.63) is 23.5 Å². The largest absolute Gasteiger partial charge is 0.324 e. The minimum absolute atomic E-state index is 0. The molecule has 0 aromatic heterocycles. The maximum atomic E-state index is 13.3. The molecule has 0 bridgehead atoms. The minimum atomic E-state index is -0.185. The summed E-state index contributed by atoms with van der Waals surface area (Å²) in [4.78, 5) is 11.9. The van der Waals surface area contributed by atoms with Crippen LogP contribution in [-0.4, -0.2) is 11.7 Å². The quantitative estimate of drug-likeness (QED) is 0.777. The van der Waals surface area contributed by atoms with Gasteiger partial charge in [0, 0.05) is 6.32 Å². The van der Waals surface area contributed by atoms with Crippen LogP contribution < -0.4 is 5.32 Å².